The average Bonchev–Trinajstić information content (AvgIpc) is 2.07. The minimum Gasteiger partial charge on any atom is -0.465 e. The maximum Gasteiger partial charge on any atom is 0.324 e. The van der Waals surface area contributed by atoms with E-state index in [1.165, 1.54) is 0 Å². The largest absolute Gasteiger partial charge is 0.465 e. The van der Waals surface area contributed by atoms with Crippen molar-refractivity contribution in [2.45, 2.75) is 13.0 Å². The average molecular weight is 158 g/mol. The molecule has 1 saturated heterocycles. The van der Waals surface area contributed by atoms with Gasteiger partial charge in [0.1, 0.15) is 6.04 Å². The first-order valence-electron chi connectivity index (χ1n) is 3.95. The Kier molecular flexibility index (Phi) is 3.32. The fraction of sp³-hybridized carbons (Fsp3) is 0.857. The Morgan fingerprint density at radius 3 is 3.00 bits per heavy atom. The van der Waals surface area contributed by atoms with E-state index < -0.39 is 0 Å². The second-order valence-electron chi connectivity index (χ2n) is 2.46. The lowest BCUT2D eigenvalue weighted by Crippen LogP contribution is -2.52. The van der Waals surface area contributed by atoms with Crippen LogP contribution in [-0.2, 0) is 9.53 Å². The number of ether oxygens (including phenoxy) is 1. The summed E-state index contributed by atoms with van der Waals surface area (Å²) in [6.45, 7) is 4.71. The first-order chi connectivity index (χ1) is 5.34. The van der Waals surface area contributed by atoms with Crippen molar-refractivity contribution in [2.75, 3.05) is 26.2 Å². The SMILES string of the molecule is CCOC(=O)[C@H]1CNCCN1. The molecule has 0 aromatic rings. The van der Waals surface area contributed by atoms with Crippen LogP contribution in [0.1, 0.15) is 6.92 Å². The molecule has 0 spiro atoms. The first-order valence-corrected chi connectivity index (χ1v) is 3.95. The highest BCUT2D eigenvalue weighted by Crippen LogP contribution is 1.90. The minimum absolute atomic E-state index is 0.149. The lowest BCUT2D eigenvalue weighted by atomic mass is 10.2. The third-order valence-electron chi connectivity index (χ3n) is 1.61. The van der Waals surface area contributed by atoms with Crippen molar-refractivity contribution in [1.29, 1.82) is 0 Å². The third kappa shape index (κ3) is 2.48. The normalized spacial score (nSPS) is 24.6. The summed E-state index contributed by atoms with van der Waals surface area (Å²) in [5, 5.41) is 6.18. The molecule has 0 radical (unpaired) electrons. The van der Waals surface area contributed by atoms with E-state index in [9.17, 15) is 4.79 Å². The molecule has 0 bridgehead atoms. The van der Waals surface area contributed by atoms with Crippen molar-refractivity contribution in [2.24, 2.45) is 0 Å². The Morgan fingerprint density at radius 1 is 1.64 bits per heavy atom. The topological polar surface area (TPSA) is 50.4 Å². The molecule has 64 valence electrons. The monoisotopic (exact) mass is 158 g/mol. The summed E-state index contributed by atoms with van der Waals surface area (Å²) in [4.78, 5) is 11.1. The fourth-order valence-corrected chi connectivity index (χ4v) is 1.06. The van der Waals surface area contributed by atoms with Crippen molar-refractivity contribution in [1.82, 2.24) is 10.6 Å². The number of carbonyl (C=O) groups excluding carboxylic acids is 1. The van der Waals surface area contributed by atoms with Gasteiger partial charge in [-0.05, 0) is 6.92 Å². The summed E-state index contributed by atoms with van der Waals surface area (Å²) in [5.74, 6) is -0.153. The molecule has 0 aliphatic carbocycles. The van der Waals surface area contributed by atoms with Crippen LogP contribution >= 0.6 is 0 Å². The number of piperazine rings is 1. The zero-order valence-corrected chi connectivity index (χ0v) is 6.72. The van der Waals surface area contributed by atoms with E-state index in [-0.39, 0.29) is 12.0 Å². The van der Waals surface area contributed by atoms with Gasteiger partial charge in [0, 0.05) is 19.6 Å². The summed E-state index contributed by atoms with van der Waals surface area (Å²) < 4.78 is 4.84. The summed E-state index contributed by atoms with van der Waals surface area (Å²) in [5.41, 5.74) is 0. The maximum absolute atomic E-state index is 11.1. The molecule has 2 N–H and O–H groups in total. The van der Waals surface area contributed by atoms with Crippen LogP contribution in [0.4, 0.5) is 0 Å². The van der Waals surface area contributed by atoms with Gasteiger partial charge in [-0.15, -0.1) is 0 Å². The van der Waals surface area contributed by atoms with E-state index in [0.717, 1.165) is 13.1 Å². The molecule has 1 rings (SSSR count). The van der Waals surface area contributed by atoms with Crippen molar-refractivity contribution in [3.63, 3.8) is 0 Å². The van der Waals surface area contributed by atoms with E-state index >= 15 is 0 Å². The zero-order valence-electron chi connectivity index (χ0n) is 6.72. The van der Waals surface area contributed by atoms with Gasteiger partial charge in [0.25, 0.3) is 0 Å². The molecule has 1 fully saturated rings. The van der Waals surface area contributed by atoms with Gasteiger partial charge in [-0.3, -0.25) is 4.79 Å². The molecule has 0 aromatic carbocycles. The van der Waals surface area contributed by atoms with Crippen LogP contribution in [0.3, 0.4) is 0 Å². The smallest absolute Gasteiger partial charge is 0.324 e. The predicted octanol–water partition coefficient (Wildman–Crippen LogP) is -0.889. The lowest BCUT2D eigenvalue weighted by molar-refractivity contribution is -0.145. The summed E-state index contributed by atoms with van der Waals surface area (Å²) in [7, 11) is 0. The zero-order chi connectivity index (χ0) is 8.10. The van der Waals surface area contributed by atoms with Gasteiger partial charge >= 0.3 is 5.97 Å². The second kappa shape index (κ2) is 4.31. The van der Waals surface area contributed by atoms with Crippen LogP contribution < -0.4 is 10.6 Å². The maximum atomic E-state index is 11.1. The Balaban J connectivity index is 2.27. The molecule has 0 saturated carbocycles. The molecule has 1 heterocycles. The lowest BCUT2D eigenvalue weighted by Gasteiger charge is -2.22. The van der Waals surface area contributed by atoms with Gasteiger partial charge in [-0.25, -0.2) is 0 Å². The summed E-state index contributed by atoms with van der Waals surface area (Å²) >= 11 is 0. The van der Waals surface area contributed by atoms with Crippen molar-refractivity contribution >= 4 is 5.97 Å². The van der Waals surface area contributed by atoms with Crippen molar-refractivity contribution in [3.8, 4) is 0 Å². The molecular formula is C7H14N2O2. The number of nitrogens with one attached hydrogen (secondary N) is 2. The molecule has 1 atom stereocenters. The van der Waals surface area contributed by atoms with Crippen LogP contribution in [0, 0.1) is 0 Å². The van der Waals surface area contributed by atoms with E-state index in [4.69, 9.17) is 4.74 Å². The van der Waals surface area contributed by atoms with Crippen LogP contribution in [0.15, 0.2) is 0 Å². The molecule has 0 aromatic heterocycles. The highest BCUT2D eigenvalue weighted by molar-refractivity contribution is 5.76. The van der Waals surface area contributed by atoms with Crippen LogP contribution in [0.2, 0.25) is 0 Å². The standard InChI is InChI=1S/C7H14N2O2/c1-2-11-7(10)6-5-8-3-4-9-6/h6,8-9H,2-5H2,1H3/t6-/m1/s1. The van der Waals surface area contributed by atoms with Crippen LogP contribution in [-0.4, -0.2) is 38.3 Å². The van der Waals surface area contributed by atoms with E-state index in [1.54, 1.807) is 0 Å². The number of esters is 1. The van der Waals surface area contributed by atoms with Gasteiger partial charge < -0.3 is 15.4 Å². The summed E-state index contributed by atoms with van der Waals surface area (Å²) in [6.07, 6.45) is 0. The van der Waals surface area contributed by atoms with Gasteiger partial charge in [0.15, 0.2) is 0 Å². The quantitative estimate of drug-likeness (QED) is 0.512. The number of carbonyl (C=O) groups is 1. The van der Waals surface area contributed by atoms with E-state index in [2.05, 4.69) is 10.6 Å². The van der Waals surface area contributed by atoms with Gasteiger partial charge in [0.05, 0.1) is 6.61 Å². The molecule has 1 aliphatic heterocycles. The third-order valence-corrected chi connectivity index (χ3v) is 1.61. The fourth-order valence-electron chi connectivity index (χ4n) is 1.06. The number of rotatable bonds is 2. The van der Waals surface area contributed by atoms with Crippen LogP contribution in [0.25, 0.3) is 0 Å². The number of hydrogen-bond donors (Lipinski definition) is 2. The van der Waals surface area contributed by atoms with Gasteiger partial charge in [0.2, 0.25) is 0 Å². The molecule has 4 heteroatoms. The Hall–Kier alpha value is -0.610. The Labute approximate surface area is 66.3 Å². The number of hydrogen-bond acceptors (Lipinski definition) is 4. The molecule has 4 nitrogen and oxygen atoms in total. The summed E-state index contributed by atoms with van der Waals surface area (Å²) in [6, 6.07) is -0.149. The Bertz CT molecular complexity index is 132. The first kappa shape index (κ1) is 8.49. The highest BCUT2D eigenvalue weighted by atomic mass is 16.5. The van der Waals surface area contributed by atoms with Gasteiger partial charge in [-0.1, -0.05) is 0 Å². The van der Waals surface area contributed by atoms with E-state index in [0.29, 0.717) is 13.2 Å². The van der Waals surface area contributed by atoms with Crippen molar-refractivity contribution < 1.29 is 9.53 Å². The molecule has 1 aliphatic rings. The molecular weight excluding hydrogens is 144 g/mol. The molecule has 0 unspecified atom stereocenters. The Morgan fingerprint density at radius 2 is 2.45 bits per heavy atom. The second-order valence-corrected chi connectivity index (χ2v) is 2.46. The predicted molar refractivity (Wildman–Crippen MR) is 41.3 cm³/mol. The molecule has 11 heavy (non-hydrogen) atoms. The molecule has 0 amide bonds. The highest BCUT2D eigenvalue weighted by Gasteiger charge is 2.20. The van der Waals surface area contributed by atoms with E-state index in [1.807, 2.05) is 6.92 Å². The van der Waals surface area contributed by atoms with Gasteiger partial charge in [-0.2, -0.15) is 0 Å². The van der Waals surface area contributed by atoms with Crippen LogP contribution in [0.5, 0.6) is 0 Å². The van der Waals surface area contributed by atoms with Crippen molar-refractivity contribution in [3.05, 3.63) is 0 Å². The minimum atomic E-state index is -0.153.